The van der Waals surface area contributed by atoms with Crippen molar-refractivity contribution in [1.82, 2.24) is 0 Å². The Morgan fingerprint density at radius 3 is 2.83 bits per heavy atom. The highest BCUT2D eigenvalue weighted by atomic mass is 79.9. The number of hydrogen-bond acceptors (Lipinski definition) is 2. The fourth-order valence-electron chi connectivity index (χ4n) is 2.36. The maximum absolute atomic E-state index is 13.2. The molecule has 1 fully saturated rings. The monoisotopic (exact) mass is 316 g/mol. The lowest BCUT2D eigenvalue weighted by Crippen LogP contribution is -2.12. The second-order valence-electron chi connectivity index (χ2n) is 4.61. The summed E-state index contributed by atoms with van der Waals surface area (Å²) in [6, 6.07) is 4.66. The van der Waals surface area contributed by atoms with Crippen LogP contribution in [-0.4, -0.2) is 24.6 Å². The largest absolute Gasteiger partial charge is 0.496 e. The lowest BCUT2D eigenvalue weighted by atomic mass is 10.0. The molecule has 0 radical (unpaired) electrons. The predicted molar refractivity (Wildman–Crippen MR) is 73.0 cm³/mol. The summed E-state index contributed by atoms with van der Waals surface area (Å²) in [4.78, 5) is 0. The van der Waals surface area contributed by atoms with Gasteiger partial charge in [0.25, 0.3) is 0 Å². The minimum absolute atomic E-state index is 0.212. The van der Waals surface area contributed by atoms with Crippen LogP contribution in [0.1, 0.15) is 24.8 Å². The molecule has 1 heterocycles. The lowest BCUT2D eigenvalue weighted by Gasteiger charge is -2.13. The van der Waals surface area contributed by atoms with Crippen molar-refractivity contribution in [3.63, 3.8) is 0 Å². The van der Waals surface area contributed by atoms with Crippen LogP contribution in [0.4, 0.5) is 4.39 Å². The fraction of sp³-hybridized carbons (Fsp3) is 0.571. The molecule has 0 aliphatic carbocycles. The normalized spacial score (nSPS) is 23.3. The summed E-state index contributed by atoms with van der Waals surface area (Å²) in [6.07, 6.45) is 4.54. The van der Waals surface area contributed by atoms with Crippen molar-refractivity contribution in [1.29, 1.82) is 0 Å². The molecular formula is C14H18BrFO2. The van der Waals surface area contributed by atoms with Gasteiger partial charge < -0.3 is 9.47 Å². The zero-order valence-corrected chi connectivity index (χ0v) is 12.1. The first-order chi connectivity index (χ1) is 8.72. The van der Waals surface area contributed by atoms with Crippen molar-refractivity contribution in [2.24, 2.45) is 0 Å². The zero-order valence-electron chi connectivity index (χ0n) is 10.5. The van der Waals surface area contributed by atoms with Crippen molar-refractivity contribution >= 4 is 15.9 Å². The second kappa shape index (κ2) is 6.53. The summed E-state index contributed by atoms with van der Waals surface area (Å²) in [5.74, 6) is 0.544. The Balaban J connectivity index is 1.92. The molecule has 0 aromatic heterocycles. The van der Waals surface area contributed by atoms with Gasteiger partial charge in [-0.1, -0.05) is 15.9 Å². The van der Waals surface area contributed by atoms with E-state index in [-0.39, 0.29) is 5.82 Å². The number of alkyl halides is 1. The first kappa shape index (κ1) is 13.8. The Morgan fingerprint density at radius 2 is 2.17 bits per heavy atom. The molecule has 1 saturated heterocycles. The highest BCUT2D eigenvalue weighted by molar-refractivity contribution is 9.09. The Labute approximate surface area is 116 Å². The number of hydrogen-bond donors (Lipinski definition) is 0. The molecule has 1 aromatic carbocycles. The molecule has 0 bridgehead atoms. The molecule has 0 N–H and O–H groups in total. The molecule has 0 amide bonds. The van der Waals surface area contributed by atoms with Gasteiger partial charge in [0.1, 0.15) is 11.6 Å². The molecule has 1 aromatic rings. The van der Waals surface area contributed by atoms with Crippen LogP contribution < -0.4 is 4.74 Å². The highest BCUT2D eigenvalue weighted by Gasteiger charge is 2.24. The average Bonchev–Trinajstić information content (AvgIpc) is 2.84. The van der Waals surface area contributed by atoms with Gasteiger partial charge in [-0.25, -0.2) is 4.39 Å². The molecule has 18 heavy (non-hydrogen) atoms. The quantitative estimate of drug-likeness (QED) is 0.771. The third-order valence-electron chi connectivity index (χ3n) is 3.35. The number of benzene rings is 1. The van der Waals surface area contributed by atoms with Gasteiger partial charge in [0.15, 0.2) is 0 Å². The highest BCUT2D eigenvalue weighted by Crippen LogP contribution is 2.27. The predicted octanol–water partition coefficient (Wildman–Crippen LogP) is 3.71. The van der Waals surface area contributed by atoms with Crippen molar-refractivity contribution in [3.8, 4) is 5.75 Å². The summed E-state index contributed by atoms with van der Waals surface area (Å²) in [7, 11) is 1.61. The van der Waals surface area contributed by atoms with E-state index in [1.165, 1.54) is 6.07 Å². The SMILES string of the molecule is COc1ccc(F)cc1CC[C@H]1CC[C@H](CBr)O1. The van der Waals surface area contributed by atoms with E-state index in [0.717, 1.165) is 42.3 Å². The average molecular weight is 317 g/mol. The van der Waals surface area contributed by atoms with Gasteiger partial charge in [-0.05, 0) is 49.4 Å². The van der Waals surface area contributed by atoms with E-state index >= 15 is 0 Å². The molecule has 2 nitrogen and oxygen atoms in total. The van der Waals surface area contributed by atoms with Crippen LogP contribution in [0.5, 0.6) is 5.75 Å². The molecule has 2 atom stereocenters. The van der Waals surface area contributed by atoms with E-state index in [1.54, 1.807) is 19.2 Å². The molecular weight excluding hydrogens is 299 g/mol. The minimum Gasteiger partial charge on any atom is -0.496 e. The number of rotatable bonds is 5. The Bertz CT molecular complexity index is 397. The van der Waals surface area contributed by atoms with Gasteiger partial charge >= 0.3 is 0 Å². The maximum atomic E-state index is 13.2. The van der Waals surface area contributed by atoms with Gasteiger partial charge in [-0.2, -0.15) is 0 Å². The van der Waals surface area contributed by atoms with E-state index in [2.05, 4.69) is 15.9 Å². The summed E-state index contributed by atoms with van der Waals surface area (Å²) < 4.78 is 24.3. The van der Waals surface area contributed by atoms with Crippen LogP contribution in [-0.2, 0) is 11.2 Å². The van der Waals surface area contributed by atoms with Gasteiger partial charge in [0.2, 0.25) is 0 Å². The second-order valence-corrected chi connectivity index (χ2v) is 5.25. The third kappa shape index (κ3) is 3.45. The zero-order chi connectivity index (χ0) is 13.0. The molecule has 1 aliphatic heterocycles. The lowest BCUT2D eigenvalue weighted by molar-refractivity contribution is 0.0542. The van der Waals surface area contributed by atoms with Crippen molar-refractivity contribution in [3.05, 3.63) is 29.6 Å². The number of methoxy groups -OCH3 is 1. The number of ether oxygens (including phenoxy) is 2. The topological polar surface area (TPSA) is 18.5 Å². The Morgan fingerprint density at radius 1 is 1.39 bits per heavy atom. The molecule has 0 unspecified atom stereocenters. The first-order valence-electron chi connectivity index (χ1n) is 6.26. The van der Waals surface area contributed by atoms with Gasteiger partial charge in [0.05, 0.1) is 19.3 Å². The van der Waals surface area contributed by atoms with Crippen LogP contribution in [0.3, 0.4) is 0 Å². The maximum Gasteiger partial charge on any atom is 0.123 e. The Hall–Kier alpha value is -0.610. The van der Waals surface area contributed by atoms with Crippen LogP contribution in [0.2, 0.25) is 0 Å². The summed E-state index contributed by atoms with van der Waals surface area (Å²) in [5.41, 5.74) is 0.920. The molecule has 0 spiro atoms. The van der Waals surface area contributed by atoms with Gasteiger partial charge in [-0.3, -0.25) is 0 Å². The van der Waals surface area contributed by atoms with E-state index in [4.69, 9.17) is 9.47 Å². The first-order valence-corrected chi connectivity index (χ1v) is 7.39. The van der Waals surface area contributed by atoms with Gasteiger partial charge in [0, 0.05) is 5.33 Å². The summed E-state index contributed by atoms with van der Waals surface area (Å²) in [6.45, 7) is 0. The minimum atomic E-state index is -0.212. The Kier molecular flexibility index (Phi) is 5.01. The molecule has 0 saturated carbocycles. The molecule has 1 aliphatic rings. The molecule has 100 valence electrons. The van der Waals surface area contributed by atoms with Crippen molar-refractivity contribution < 1.29 is 13.9 Å². The summed E-state index contributed by atoms with van der Waals surface area (Å²) >= 11 is 3.44. The van der Waals surface area contributed by atoms with Crippen molar-refractivity contribution in [2.45, 2.75) is 37.9 Å². The molecule has 2 rings (SSSR count). The van der Waals surface area contributed by atoms with Crippen LogP contribution in [0.25, 0.3) is 0 Å². The van der Waals surface area contributed by atoms with Gasteiger partial charge in [-0.15, -0.1) is 0 Å². The number of aryl methyl sites for hydroxylation is 1. The van der Waals surface area contributed by atoms with Crippen molar-refractivity contribution in [2.75, 3.05) is 12.4 Å². The van der Waals surface area contributed by atoms with Crippen LogP contribution in [0, 0.1) is 5.82 Å². The van der Waals surface area contributed by atoms with E-state index in [9.17, 15) is 4.39 Å². The smallest absolute Gasteiger partial charge is 0.123 e. The van der Waals surface area contributed by atoms with Crippen LogP contribution in [0.15, 0.2) is 18.2 Å². The van der Waals surface area contributed by atoms with Crippen LogP contribution >= 0.6 is 15.9 Å². The summed E-state index contributed by atoms with van der Waals surface area (Å²) in [5, 5.41) is 0.896. The number of halogens is 2. The molecule has 4 heteroatoms. The van der Waals surface area contributed by atoms with E-state index < -0.39 is 0 Å². The standard InChI is InChI=1S/C14H18BrFO2/c1-17-14-7-3-11(16)8-10(14)2-4-12-5-6-13(9-15)18-12/h3,7-8,12-13H,2,4-6,9H2,1H3/t12-,13+/m0/s1. The van der Waals surface area contributed by atoms with E-state index in [0.29, 0.717) is 12.2 Å². The fourth-order valence-corrected chi connectivity index (χ4v) is 2.84. The third-order valence-corrected chi connectivity index (χ3v) is 4.07. The van der Waals surface area contributed by atoms with E-state index in [1.807, 2.05) is 0 Å².